The number of aromatic nitrogens is 1. The van der Waals surface area contributed by atoms with E-state index in [4.69, 9.17) is 0 Å². The van der Waals surface area contributed by atoms with Crippen molar-refractivity contribution in [1.29, 1.82) is 0 Å². The van der Waals surface area contributed by atoms with Crippen LogP contribution in [0.1, 0.15) is 22.5 Å². The van der Waals surface area contributed by atoms with E-state index in [1.807, 2.05) is 6.92 Å². The van der Waals surface area contributed by atoms with Gasteiger partial charge in [0, 0.05) is 32.0 Å². The first-order chi connectivity index (χ1) is 9.33. The van der Waals surface area contributed by atoms with Crippen LogP contribution in [0.5, 0.6) is 0 Å². The Morgan fingerprint density at radius 2 is 2.05 bits per heavy atom. The second-order valence-corrected chi connectivity index (χ2v) is 6.23. The first-order valence-corrected chi connectivity index (χ1v) is 8.10. The van der Waals surface area contributed by atoms with Crippen LogP contribution in [0.15, 0.2) is 12.3 Å². The van der Waals surface area contributed by atoms with Gasteiger partial charge in [-0.3, -0.25) is 9.78 Å². The Kier molecular flexibility index (Phi) is 5.90. The maximum atomic E-state index is 12.0. The number of pyridine rings is 1. The van der Waals surface area contributed by atoms with E-state index in [0.717, 1.165) is 11.9 Å². The summed E-state index contributed by atoms with van der Waals surface area (Å²) in [6, 6.07) is 1.79. The molecule has 8 heteroatoms. The minimum Gasteiger partial charge on any atom is -0.387 e. The molecule has 0 bridgehead atoms. The van der Waals surface area contributed by atoms with Gasteiger partial charge < -0.3 is 10.6 Å². The van der Waals surface area contributed by atoms with Crippen LogP contribution in [0.3, 0.4) is 0 Å². The van der Waals surface area contributed by atoms with Crippen LogP contribution in [-0.4, -0.2) is 45.7 Å². The highest BCUT2D eigenvalue weighted by Crippen LogP contribution is 2.14. The minimum atomic E-state index is -3.18. The number of rotatable bonds is 7. The van der Waals surface area contributed by atoms with Crippen molar-refractivity contribution in [2.24, 2.45) is 0 Å². The summed E-state index contributed by atoms with van der Waals surface area (Å²) in [5.41, 5.74) is 2.00. The predicted octanol–water partition coefficient (Wildman–Crippen LogP) is 0.101. The van der Waals surface area contributed by atoms with Crippen LogP contribution >= 0.6 is 0 Å². The summed E-state index contributed by atoms with van der Waals surface area (Å²) >= 11 is 0. The number of anilines is 1. The smallest absolute Gasteiger partial charge is 0.254 e. The normalized spacial score (nSPS) is 11.2. The highest BCUT2D eigenvalue weighted by molar-refractivity contribution is 7.88. The fourth-order valence-corrected chi connectivity index (χ4v) is 2.11. The predicted molar refractivity (Wildman–Crippen MR) is 78.3 cm³/mol. The van der Waals surface area contributed by atoms with Crippen molar-refractivity contribution in [3.8, 4) is 0 Å². The van der Waals surface area contributed by atoms with E-state index in [0.29, 0.717) is 30.8 Å². The van der Waals surface area contributed by atoms with Crippen molar-refractivity contribution in [1.82, 2.24) is 15.0 Å². The lowest BCUT2D eigenvalue weighted by Gasteiger charge is -2.10. The van der Waals surface area contributed by atoms with Gasteiger partial charge in [0.1, 0.15) is 0 Å². The van der Waals surface area contributed by atoms with Crippen molar-refractivity contribution in [2.75, 3.05) is 31.7 Å². The SMILES string of the molecule is CNc1cc(C)ncc1C(=O)NCCCNS(C)(=O)=O. The van der Waals surface area contributed by atoms with Gasteiger partial charge >= 0.3 is 0 Å². The molecule has 1 aromatic heterocycles. The van der Waals surface area contributed by atoms with Crippen molar-refractivity contribution >= 4 is 21.6 Å². The summed E-state index contributed by atoms with van der Waals surface area (Å²) in [6.07, 6.45) is 3.14. The zero-order valence-electron chi connectivity index (χ0n) is 11.9. The molecule has 0 aliphatic carbocycles. The van der Waals surface area contributed by atoms with E-state index in [2.05, 4.69) is 20.3 Å². The fraction of sp³-hybridized carbons (Fsp3) is 0.500. The molecule has 1 amide bonds. The van der Waals surface area contributed by atoms with Crippen molar-refractivity contribution in [3.05, 3.63) is 23.5 Å². The second-order valence-electron chi connectivity index (χ2n) is 4.40. The van der Waals surface area contributed by atoms with Crippen LogP contribution in [0, 0.1) is 6.92 Å². The number of amides is 1. The van der Waals surface area contributed by atoms with Gasteiger partial charge in [-0.05, 0) is 19.4 Å². The highest BCUT2D eigenvalue weighted by Gasteiger charge is 2.11. The lowest BCUT2D eigenvalue weighted by molar-refractivity contribution is 0.0954. The van der Waals surface area contributed by atoms with Gasteiger partial charge in [0.2, 0.25) is 10.0 Å². The quantitative estimate of drug-likeness (QED) is 0.620. The van der Waals surface area contributed by atoms with Crippen molar-refractivity contribution < 1.29 is 13.2 Å². The number of nitrogens with zero attached hydrogens (tertiary/aromatic N) is 1. The molecule has 7 nitrogen and oxygen atoms in total. The third kappa shape index (κ3) is 5.54. The highest BCUT2D eigenvalue weighted by atomic mass is 32.2. The van der Waals surface area contributed by atoms with E-state index in [1.165, 1.54) is 6.20 Å². The van der Waals surface area contributed by atoms with Crippen LogP contribution in [0.25, 0.3) is 0 Å². The molecule has 0 aromatic carbocycles. The monoisotopic (exact) mass is 300 g/mol. The zero-order chi connectivity index (χ0) is 15.2. The van der Waals surface area contributed by atoms with Crippen molar-refractivity contribution in [3.63, 3.8) is 0 Å². The van der Waals surface area contributed by atoms with Gasteiger partial charge in [0.25, 0.3) is 5.91 Å². The Bertz CT molecular complexity index is 572. The third-order valence-corrected chi connectivity index (χ3v) is 3.29. The Morgan fingerprint density at radius 1 is 1.35 bits per heavy atom. The molecule has 0 radical (unpaired) electrons. The van der Waals surface area contributed by atoms with Gasteiger partial charge in [-0.2, -0.15) is 0 Å². The standard InChI is InChI=1S/C12H20N4O3S/c1-9-7-11(13-2)10(8-15-9)12(17)14-5-4-6-16-20(3,18)19/h7-8,16H,4-6H2,1-3H3,(H,13,15)(H,14,17). The number of sulfonamides is 1. The molecule has 0 saturated carbocycles. The molecule has 20 heavy (non-hydrogen) atoms. The van der Waals surface area contributed by atoms with Gasteiger partial charge in [-0.1, -0.05) is 0 Å². The molecule has 0 aliphatic rings. The number of carbonyl (C=O) groups is 1. The van der Waals surface area contributed by atoms with Gasteiger partial charge in [0.15, 0.2) is 0 Å². The number of nitrogens with one attached hydrogen (secondary N) is 3. The third-order valence-electron chi connectivity index (χ3n) is 2.56. The summed E-state index contributed by atoms with van der Waals surface area (Å²) < 4.78 is 24.1. The van der Waals surface area contributed by atoms with Gasteiger partial charge in [0.05, 0.1) is 17.5 Å². The molecule has 0 saturated heterocycles. The van der Waals surface area contributed by atoms with E-state index < -0.39 is 10.0 Å². The first-order valence-electron chi connectivity index (χ1n) is 6.20. The molecule has 0 unspecified atom stereocenters. The maximum Gasteiger partial charge on any atom is 0.254 e. The van der Waals surface area contributed by atoms with Crippen LogP contribution < -0.4 is 15.4 Å². The molecule has 1 heterocycles. The van der Waals surface area contributed by atoms with Crippen LogP contribution in [-0.2, 0) is 10.0 Å². The van der Waals surface area contributed by atoms with Crippen LogP contribution in [0.4, 0.5) is 5.69 Å². The molecule has 0 aliphatic heterocycles. The fourth-order valence-electron chi connectivity index (χ4n) is 1.59. The Balaban J connectivity index is 2.47. The molecule has 0 fully saturated rings. The molecule has 0 spiro atoms. The number of aryl methyl sites for hydroxylation is 1. The molecular formula is C12H20N4O3S. The summed E-state index contributed by atoms with van der Waals surface area (Å²) in [5, 5.41) is 5.67. The Labute approximate surface area is 119 Å². The molecule has 1 rings (SSSR count). The van der Waals surface area contributed by atoms with E-state index >= 15 is 0 Å². The number of carbonyl (C=O) groups excluding carboxylic acids is 1. The Morgan fingerprint density at radius 3 is 2.65 bits per heavy atom. The summed E-state index contributed by atoms with van der Waals surface area (Å²) in [6.45, 7) is 2.53. The van der Waals surface area contributed by atoms with E-state index in [-0.39, 0.29) is 5.91 Å². The lowest BCUT2D eigenvalue weighted by atomic mass is 10.2. The summed E-state index contributed by atoms with van der Waals surface area (Å²) in [5.74, 6) is -0.235. The molecule has 112 valence electrons. The Hall–Kier alpha value is -1.67. The maximum absolute atomic E-state index is 12.0. The molecule has 1 aromatic rings. The van der Waals surface area contributed by atoms with Crippen molar-refractivity contribution in [2.45, 2.75) is 13.3 Å². The molecule has 3 N–H and O–H groups in total. The number of hydrogen-bond donors (Lipinski definition) is 3. The summed E-state index contributed by atoms with van der Waals surface area (Å²) in [4.78, 5) is 16.1. The zero-order valence-corrected chi connectivity index (χ0v) is 12.7. The summed E-state index contributed by atoms with van der Waals surface area (Å²) in [7, 11) is -1.44. The second kappa shape index (κ2) is 7.20. The van der Waals surface area contributed by atoms with Gasteiger partial charge in [-0.15, -0.1) is 0 Å². The average Bonchev–Trinajstić information content (AvgIpc) is 2.36. The van der Waals surface area contributed by atoms with Gasteiger partial charge in [-0.25, -0.2) is 13.1 Å². The minimum absolute atomic E-state index is 0.235. The number of hydrogen-bond acceptors (Lipinski definition) is 5. The average molecular weight is 300 g/mol. The van der Waals surface area contributed by atoms with Crippen LogP contribution in [0.2, 0.25) is 0 Å². The largest absolute Gasteiger partial charge is 0.387 e. The first kappa shape index (κ1) is 16.4. The topological polar surface area (TPSA) is 100 Å². The molecule has 0 atom stereocenters. The van der Waals surface area contributed by atoms with E-state index in [9.17, 15) is 13.2 Å². The van der Waals surface area contributed by atoms with E-state index in [1.54, 1.807) is 13.1 Å². The lowest BCUT2D eigenvalue weighted by Crippen LogP contribution is -2.29. The molecular weight excluding hydrogens is 280 g/mol.